The van der Waals surface area contributed by atoms with Crippen molar-refractivity contribution in [3.05, 3.63) is 33.9 Å². The zero-order valence-electron chi connectivity index (χ0n) is 10.8. The van der Waals surface area contributed by atoms with Gasteiger partial charge in [0.1, 0.15) is 5.69 Å². The summed E-state index contributed by atoms with van der Waals surface area (Å²) in [6.45, 7) is 3.21. The number of nitrogens with zero attached hydrogens (tertiary/aromatic N) is 2. The molecule has 0 aliphatic heterocycles. The molecule has 0 aliphatic carbocycles. The Morgan fingerprint density at radius 2 is 2.00 bits per heavy atom. The Balaban J connectivity index is 3.28. The van der Waals surface area contributed by atoms with E-state index in [0.29, 0.717) is 11.3 Å². The third-order valence-corrected chi connectivity index (χ3v) is 3.08. The van der Waals surface area contributed by atoms with Crippen LogP contribution < -0.4 is 4.90 Å². The van der Waals surface area contributed by atoms with Crippen molar-refractivity contribution in [2.45, 2.75) is 26.0 Å². The molecule has 0 fully saturated rings. The van der Waals surface area contributed by atoms with Gasteiger partial charge in [-0.2, -0.15) is 0 Å². The van der Waals surface area contributed by atoms with Crippen molar-refractivity contribution in [1.82, 2.24) is 0 Å². The van der Waals surface area contributed by atoms with E-state index in [1.165, 1.54) is 6.07 Å². The number of nitro benzene ring substituents is 1. The summed E-state index contributed by atoms with van der Waals surface area (Å²) in [5.74, 6) is 0. The van der Waals surface area contributed by atoms with Gasteiger partial charge in [0.25, 0.3) is 5.69 Å². The van der Waals surface area contributed by atoms with Gasteiger partial charge in [0.05, 0.1) is 23.7 Å². The molecular weight excluding hydrogens is 236 g/mol. The second kappa shape index (κ2) is 5.32. The second-order valence-electron chi connectivity index (χ2n) is 4.77. The molecule has 2 N–H and O–H groups in total. The third-order valence-electron chi connectivity index (χ3n) is 3.08. The Morgan fingerprint density at radius 3 is 2.44 bits per heavy atom. The Labute approximate surface area is 106 Å². The van der Waals surface area contributed by atoms with E-state index < -0.39 is 10.5 Å². The number of aliphatic hydroxyl groups is 2. The molecule has 0 unspecified atom stereocenters. The molecular formula is C12H18N2O4. The lowest BCUT2D eigenvalue weighted by Crippen LogP contribution is -2.44. The van der Waals surface area contributed by atoms with Crippen molar-refractivity contribution in [2.75, 3.05) is 18.6 Å². The number of hydrogen-bond donors (Lipinski definition) is 2. The van der Waals surface area contributed by atoms with Crippen LogP contribution in [0.15, 0.2) is 18.2 Å². The average Bonchev–Trinajstić information content (AvgIpc) is 2.36. The maximum Gasteiger partial charge on any atom is 0.292 e. The van der Waals surface area contributed by atoms with Gasteiger partial charge in [-0.1, -0.05) is 6.07 Å². The lowest BCUT2D eigenvalue weighted by molar-refractivity contribution is -0.384. The average molecular weight is 254 g/mol. The smallest absolute Gasteiger partial charge is 0.292 e. The number of likely N-dealkylation sites (N-methyl/N-ethyl adjacent to an activating group) is 1. The van der Waals surface area contributed by atoms with Crippen LogP contribution in [-0.2, 0) is 6.61 Å². The van der Waals surface area contributed by atoms with Crippen LogP contribution in [0.1, 0.15) is 19.4 Å². The Bertz CT molecular complexity index is 446. The maximum absolute atomic E-state index is 11.0. The van der Waals surface area contributed by atoms with Crippen LogP contribution in [0, 0.1) is 10.1 Å². The van der Waals surface area contributed by atoms with Gasteiger partial charge in [0.15, 0.2) is 0 Å². The van der Waals surface area contributed by atoms with Crippen LogP contribution in [0.5, 0.6) is 0 Å². The van der Waals surface area contributed by atoms with E-state index in [0.717, 1.165) is 0 Å². The molecule has 0 radical (unpaired) electrons. The normalized spacial score (nSPS) is 11.4. The standard InChI is InChI=1S/C12H18N2O4/c1-12(2,8-16)13(3)10-5-4-9(7-15)6-11(10)14(17)18/h4-6,15-16H,7-8H2,1-3H3. The summed E-state index contributed by atoms with van der Waals surface area (Å²) >= 11 is 0. The molecule has 0 amide bonds. The lowest BCUT2D eigenvalue weighted by atomic mass is 10.0. The van der Waals surface area contributed by atoms with Crippen molar-refractivity contribution in [2.24, 2.45) is 0 Å². The molecule has 6 nitrogen and oxygen atoms in total. The molecule has 0 aliphatic rings. The summed E-state index contributed by atoms with van der Waals surface area (Å²) in [5, 5.41) is 29.4. The van der Waals surface area contributed by atoms with Gasteiger partial charge >= 0.3 is 0 Å². The molecule has 100 valence electrons. The van der Waals surface area contributed by atoms with E-state index in [1.807, 2.05) is 0 Å². The van der Waals surface area contributed by atoms with Crippen LogP contribution >= 0.6 is 0 Å². The Morgan fingerprint density at radius 1 is 1.39 bits per heavy atom. The van der Waals surface area contributed by atoms with Gasteiger partial charge < -0.3 is 15.1 Å². The highest BCUT2D eigenvalue weighted by Gasteiger charge is 2.28. The van der Waals surface area contributed by atoms with E-state index in [2.05, 4.69) is 0 Å². The first-order valence-electron chi connectivity index (χ1n) is 5.56. The molecule has 0 heterocycles. The van der Waals surface area contributed by atoms with Crippen LogP contribution in [0.2, 0.25) is 0 Å². The summed E-state index contributed by atoms with van der Waals surface area (Å²) in [5.41, 5.74) is 0.216. The number of rotatable bonds is 5. The summed E-state index contributed by atoms with van der Waals surface area (Å²) in [6, 6.07) is 4.56. The SMILES string of the molecule is CN(c1ccc(CO)cc1[N+](=O)[O-])C(C)(C)CO. The fourth-order valence-electron chi connectivity index (χ4n) is 1.53. The number of benzene rings is 1. The Kier molecular flexibility index (Phi) is 4.26. The third kappa shape index (κ3) is 2.77. The molecule has 0 atom stereocenters. The van der Waals surface area contributed by atoms with E-state index in [1.54, 1.807) is 37.9 Å². The van der Waals surface area contributed by atoms with Crippen molar-refractivity contribution < 1.29 is 15.1 Å². The minimum Gasteiger partial charge on any atom is -0.394 e. The van der Waals surface area contributed by atoms with E-state index >= 15 is 0 Å². The fourth-order valence-corrected chi connectivity index (χ4v) is 1.53. The Hall–Kier alpha value is -1.66. The minimum absolute atomic E-state index is 0.0782. The van der Waals surface area contributed by atoms with Crippen molar-refractivity contribution in [1.29, 1.82) is 0 Å². The summed E-state index contributed by atoms with van der Waals surface area (Å²) in [7, 11) is 1.69. The fraction of sp³-hybridized carbons (Fsp3) is 0.500. The number of nitro groups is 1. The highest BCUT2D eigenvalue weighted by molar-refractivity contribution is 5.65. The molecule has 0 saturated heterocycles. The number of aliphatic hydroxyl groups excluding tert-OH is 2. The second-order valence-corrected chi connectivity index (χ2v) is 4.77. The molecule has 0 aromatic heterocycles. The van der Waals surface area contributed by atoms with Crippen molar-refractivity contribution in [3.8, 4) is 0 Å². The van der Waals surface area contributed by atoms with Gasteiger partial charge in [0.2, 0.25) is 0 Å². The lowest BCUT2D eigenvalue weighted by Gasteiger charge is -2.35. The molecule has 0 spiro atoms. The first kappa shape index (κ1) is 14.4. The van der Waals surface area contributed by atoms with Gasteiger partial charge in [-0.05, 0) is 25.5 Å². The topological polar surface area (TPSA) is 86.8 Å². The maximum atomic E-state index is 11.0. The van der Waals surface area contributed by atoms with Crippen LogP contribution in [0.3, 0.4) is 0 Å². The van der Waals surface area contributed by atoms with Crippen molar-refractivity contribution in [3.63, 3.8) is 0 Å². The predicted octanol–water partition coefficient (Wildman–Crippen LogP) is 1.29. The van der Waals surface area contributed by atoms with E-state index in [9.17, 15) is 15.2 Å². The van der Waals surface area contributed by atoms with E-state index in [4.69, 9.17) is 5.11 Å². The first-order chi connectivity index (χ1) is 8.33. The summed E-state index contributed by atoms with van der Waals surface area (Å²) < 4.78 is 0. The zero-order valence-corrected chi connectivity index (χ0v) is 10.8. The molecule has 0 bridgehead atoms. The summed E-state index contributed by atoms with van der Waals surface area (Å²) in [6.07, 6.45) is 0. The monoisotopic (exact) mass is 254 g/mol. The largest absolute Gasteiger partial charge is 0.394 e. The molecule has 0 saturated carbocycles. The minimum atomic E-state index is -0.606. The number of hydrogen-bond acceptors (Lipinski definition) is 5. The highest BCUT2D eigenvalue weighted by Crippen LogP contribution is 2.32. The van der Waals surface area contributed by atoms with Gasteiger partial charge in [-0.25, -0.2) is 0 Å². The van der Waals surface area contributed by atoms with Gasteiger partial charge in [-0.3, -0.25) is 10.1 Å². The highest BCUT2D eigenvalue weighted by atomic mass is 16.6. The summed E-state index contributed by atoms with van der Waals surface area (Å²) in [4.78, 5) is 12.2. The molecule has 6 heteroatoms. The van der Waals surface area contributed by atoms with Crippen LogP contribution in [0.25, 0.3) is 0 Å². The van der Waals surface area contributed by atoms with Crippen LogP contribution in [0.4, 0.5) is 11.4 Å². The van der Waals surface area contributed by atoms with E-state index in [-0.39, 0.29) is 18.9 Å². The molecule has 1 rings (SSSR count). The first-order valence-corrected chi connectivity index (χ1v) is 5.56. The predicted molar refractivity (Wildman–Crippen MR) is 68.6 cm³/mol. The molecule has 1 aromatic rings. The molecule has 1 aromatic carbocycles. The zero-order chi connectivity index (χ0) is 13.9. The quantitative estimate of drug-likeness (QED) is 0.610. The number of anilines is 1. The molecule has 18 heavy (non-hydrogen) atoms. The van der Waals surface area contributed by atoms with Crippen molar-refractivity contribution >= 4 is 11.4 Å². The van der Waals surface area contributed by atoms with Gasteiger partial charge in [0, 0.05) is 13.1 Å². The van der Waals surface area contributed by atoms with Gasteiger partial charge in [-0.15, -0.1) is 0 Å². The van der Waals surface area contributed by atoms with Crippen LogP contribution in [-0.4, -0.2) is 34.3 Å².